The molecule has 1 aromatic rings. The van der Waals surface area contributed by atoms with E-state index in [1.165, 1.54) is 5.69 Å². The van der Waals surface area contributed by atoms with Crippen LogP contribution in [0.4, 0.5) is 5.69 Å². The van der Waals surface area contributed by atoms with Gasteiger partial charge in [-0.1, -0.05) is 39.3 Å². The van der Waals surface area contributed by atoms with Crippen LogP contribution in [0.5, 0.6) is 0 Å². The highest BCUT2D eigenvalue weighted by atomic mass is 15.1. The zero-order chi connectivity index (χ0) is 15.3. The van der Waals surface area contributed by atoms with Crippen LogP contribution in [0, 0.1) is 5.41 Å². The Bertz CT molecular complexity index is 485. The lowest BCUT2D eigenvalue weighted by Crippen LogP contribution is -2.31. The van der Waals surface area contributed by atoms with Crippen molar-refractivity contribution >= 4 is 5.69 Å². The molecule has 2 rings (SSSR count). The van der Waals surface area contributed by atoms with E-state index in [9.17, 15) is 0 Å². The van der Waals surface area contributed by atoms with Crippen LogP contribution in [0.1, 0.15) is 46.2 Å². The van der Waals surface area contributed by atoms with Crippen LogP contribution in [0.2, 0.25) is 0 Å². The monoisotopic (exact) mass is 287 g/mol. The quantitative estimate of drug-likeness (QED) is 0.660. The fraction of sp³-hybridized carbons (Fsp3) is 0.611. The molecule has 1 N–H and O–H groups in total. The lowest BCUT2D eigenvalue weighted by molar-refractivity contribution is 0.472. The first kappa shape index (κ1) is 16.0. The predicted octanol–water partition coefficient (Wildman–Crippen LogP) is 3.76. The molecule has 0 saturated heterocycles. The number of aromatic nitrogens is 1. The first-order valence-corrected chi connectivity index (χ1v) is 8.11. The molecule has 0 radical (unpaired) electrons. The third-order valence-corrected chi connectivity index (χ3v) is 4.07. The first-order valence-electron chi connectivity index (χ1n) is 8.11. The largest absolute Gasteiger partial charge is 0.367 e. The van der Waals surface area contributed by atoms with Gasteiger partial charge in [-0.05, 0) is 36.9 Å². The van der Waals surface area contributed by atoms with Gasteiger partial charge in [0.1, 0.15) is 0 Å². The van der Waals surface area contributed by atoms with E-state index in [1.807, 2.05) is 6.20 Å². The molecule has 2 heterocycles. The summed E-state index contributed by atoms with van der Waals surface area (Å²) in [6, 6.07) is 4.35. The number of nitrogens with zero attached hydrogens (tertiary/aromatic N) is 2. The highest BCUT2D eigenvalue weighted by Crippen LogP contribution is 2.31. The molecule has 0 fully saturated rings. The second-order valence-electron chi connectivity index (χ2n) is 6.86. The molecule has 3 heteroatoms. The molecule has 0 aromatic carbocycles. The minimum Gasteiger partial charge on any atom is -0.367 e. The summed E-state index contributed by atoms with van der Waals surface area (Å²) in [4.78, 5) is 6.90. The van der Waals surface area contributed by atoms with Crippen LogP contribution in [-0.4, -0.2) is 24.6 Å². The molecule has 0 amide bonds. The fourth-order valence-corrected chi connectivity index (χ4v) is 2.74. The van der Waals surface area contributed by atoms with Crippen molar-refractivity contribution in [2.24, 2.45) is 5.41 Å². The SMILES string of the molecule is CCCNCc1cc(N2CC=C(C(C)(C)C)CC2)ccn1. The Kier molecular flexibility index (Phi) is 5.40. The van der Waals surface area contributed by atoms with Gasteiger partial charge in [-0.2, -0.15) is 0 Å². The number of anilines is 1. The van der Waals surface area contributed by atoms with Gasteiger partial charge in [-0.25, -0.2) is 0 Å². The van der Waals surface area contributed by atoms with Crippen LogP contribution in [0.3, 0.4) is 0 Å². The molecule has 3 nitrogen and oxygen atoms in total. The summed E-state index contributed by atoms with van der Waals surface area (Å²) in [7, 11) is 0. The van der Waals surface area contributed by atoms with Gasteiger partial charge in [0.15, 0.2) is 0 Å². The van der Waals surface area contributed by atoms with E-state index in [-0.39, 0.29) is 0 Å². The average molecular weight is 287 g/mol. The molecule has 1 aromatic heterocycles. The van der Waals surface area contributed by atoms with Gasteiger partial charge in [-0.15, -0.1) is 0 Å². The molecule has 0 spiro atoms. The maximum atomic E-state index is 4.46. The maximum Gasteiger partial charge on any atom is 0.0562 e. The van der Waals surface area contributed by atoms with Crippen LogP contribution < -0.4 is 10.2 Å². The summed E-state index contributed by atoms with van der Waals surface area (Å²) in [6.07, 6.45) is 6.65. The van der Waals surface area contributed by atoms with Crippen molar-refractivity contribution in [1.29, 1.82) is 0 Å². The Morgan fingerprint density at radius 3 is 2.76 bits per heavy atom. The smallest absolute Gasteiger partial charge is 0.0562 e. The molecule has 1 aliphatic heterocycles. The summed E-state index contributed by atoms with van der Waals surface area (Å²) in [5.74, 6) is 0. The molecule has 21 heavy (non-hydrogen) atoms. The van der Waals surface area contributed by atoms with Gasteiger partial charge >= 0.3 is 0 Å². The molecular weight excluding hydrogens is 258 g/mol. The van der Waals surface area contributed by atoms with Crippen LogP contribution in [0.25, 0.3) is 0 Å². The summed E-state index contributed by atoms with van der Waals surface area (Å²) in [5, 5.41) is 3.42. The fourth-order valence-electron chi connectivity index (χ4n) is 2.74. The molecule has 0 atom stereocenters. The normalized spacial score (nSPS) is 16.0. The Labute approximate surface area is 129 Å². The third-order valence-electron chi connectivity index (χ3n) is 4.07. The number of nitrogens with one attached hydrogen (secondary N) is 1. The molecule has 1 aliphatic rings. The van der Waals surface area contributed by atoms with Crippen LogP contribution >= 0.6 is 0 Å². The van der Waals surface area contributed by atoms with Crippen molar-refractivity contribution in [3.05, 3.63) is 35.7 Å². The minimum absolute atomic E-state index is 0.305. The van der Waals surface area contributed by atoms with Gasteiger partial charge in [-0.3, -0.25) is 4.98 Å². The van der Waals surface area contributed by atoms with Crippen LogP contribution in [0.15, 0.2) is 30.0 Å². The second kappa shape index (κ2) is 7.08. The Hall–Kier alpha value is -1.35. The zero-order valence-corrected chi connectivity index (χ0v) is 13.9. The van der Waals surface area contributed by atoms with Gasteiger partial charge in [0.05, 0.1) is 5.69 Å². The third kappa shape index (κ3) is 4.57. The van der Waals surface area contributed by atoms with Crippen molar-refractivity contribution in [2.75, 3.05) is 24.5 Å². The van der Waals surface area contributed by atoms with E-state index in [2.05, 4.69) is 61.1 Å². The van der Waals surface area contributed by atoms with E-state index < -0.39 is 0 Å². The van der Waals surface area contributed by atoms with E-state index >= 15 is 0 Å². The van der Waals surface area contributed by atoms with Gasteiger partial charge < -0.3 is 10.2 Å². The lowest BCUT2D eigenvalue weighted by Gasteiger charge is -2.33. The summed E-state index contributed by atoms with van der Waals surface area (Å²) < 4.78 is 0. The van der Waals surface area contributed by atoms with Crippen molar-refractivity contribution in [2.45, 2.75) is 47.1 Å². The van der Waals surface area contributed by atoms with Crippen molar-refractivity contribution in [3.63, 3.8) is 0 Å². The molecule has 0 unspecified atom stereocenters. The van der Waals surface area contributed by atoms with E-state index in [1.54, 1.807) is 5.57 Å². The van der Waals surface area contributed by atoms with E-state index in [0.29, 0.717) is 5.41 Å². The van der Waals surface area contributed by atoms with E-state index in [0.717, 1.165) is 44.7 Å². The Balaban J connectivity index is 2.00. The maximum absolute atomic E-state index is 4.46. The number of hydrogen-bond acceptors (Lipinski definition) is 3. The van der Waals surface area contributed by atoms with Crippen LogP contribution in [-0.2, 0) is 6.54 Å². The Morgan fingerprint density at radius 2 is 2.14 bits per heavy atom. The Morgan fingerprint density at radius 1 is 1.33 bits per heavy atom. The average Bonchev–Trinajstić information content (AvgIpc) is 2.47. The summed E-state index contributed by atoms with van der Waals surface area (Å²) in [6.45, 7) is 13.1. The lowest BCUT2D eigenvalue weighted by atomic mass is 9.83. The number of pyridine rings is 1. The minimum atomic E-state index is 0.305. The van der Waals surface area contributed by atoms with Gasteiger partial charge in [0.25, 0.3) is 0 Å². The molecule has 0 aliphatic carbocycles. The standard InChI is InChI=1S/C18H29N3/c1-5-9-19-14-16-13-17(6-10-20-16)21-11-7-15(8-12-21)18(2,3)4/h6-7,10,13,19H,5,8-9,11-12,14H2,1-4H3. The van der Waals surface area contributed by atoms with Gasteiger partial charge in [0.2, 0.25) is 0 Å². The highest BCUT2D eigenvalue weighted by Gasteiger charge is 2.21. The second-order valence-corrected chi connectivity index (χ2v) is 6.86. The topological polar surface area (TPSA) is 28.2 Å². The molecular formula is C18H29N3. The molecule has 0 bridgehead atoms. The molecule has 116 valence electrons. The van der Waals surface area contributed by atoms with Gasteiger partial charge in [0, 0.05) is 31.5 Å². The highest BCUT2D eigenvalue weighted by molar-refractivity contribution is 5.48. The number of rotatable bonds is 5. The van der Waals surface area contributed by atoms with Crippen molar-refractivity contribution in [3.8, 4) is 0 Å². The number of hydrogen-bond donors (Lipinski definition) is 1. The summed E-state index contributed by atoms with van der Waals surface area (Å²) in [5.41, 5.74) is 4.31. The molecule has 0 saturated carbocycles. The van der Waals surface area contributed by atoms with Crippen molar-refractivity contribution in [1.82, 2.24) is 10.3 Å². The van der Waals surface area contributed by atoms with Crippen molar-refractivity contribution < 1.29 is 0 Å². The zero-order valence-electron chi connectivity index (χ0n) is 13.9. The van der Waals surface area contributed by atoms with E-state index in [4.69, 9.17) is 0 Å². The first-order chi connectivity index (χ1) is 10.0. The summed E-state index contributed by atoms with van der Waals surface area (Å²) >= 11 is 0. The predicted molar refractivity (Wildman–Crippen MR) is 90.6 cm³/mol.